The minimum absolute atomic E-state index is 0.846. The Hall–Kier alpha value is -1.65. The molecule has 0 aromatic carbocycles. The molecule has 0 aliphatic heterocycles. The van der Waals surface area contributed by atoms with Crippen LogP contribution >= 0.6 is 0 Å². The molecule has 74 valence electrons. The molecule has 0 radical (unpaired) electrons. The van der Waals surface area contributed by atoms with Gasteiger partial charge in [-0.3, -0.25) is 9.36 Å². The van der Waals surface area contributed by atoms with Gasteiger partial charge in [-0.2, -0.15) is 5.10 Å². The van der Waals surface area contributed by atoms with Gasteiger partial charge < -0.3 is 0 Å². The fraction of sp³-hybridized carbons (Fsp3) is 0.444. The van der Waals surface area contributed by atoms with Crippen molar-refractivity contribution < 1.29 is 0 Å². The summed E-state index contributed by atoms with van der Waals surface area (Å²) in [5.41, 5.74) is 2.99. The van der Waals surface area contributed by atoms with Gasteiger partial charge in [0.2, 0.25) is 0 Å². The standard InChI is InChI=1S/C9H13N5/c1-4-14-8(5-6-10-14)9-7(2)13(3)12-11-9/h5-6H,4H2,1-3H3. The van der Waals surface area contributed by atoms with E-state index in [9.17, 15) is 0 Å². The molecule has 0 amide bonds. The monoisotopic (exact) mass is 191 g/mol. The maximum Gasteiger partial charge on any atom is 0.133 e. The molecule has 0 bridgehead atoms. The first-order valence-electron chi connectivity index (χ1n) is 4.62. The number of aryl methyl sites for hydroxylation is 2. The van der Waals surface area contributed by atoms with Crippen LogP contribution in [0.4, 0.5) is 0 Å². The molecule has 2 rings (SSSR count). The molecule has 0 aliphatic carbocycles. The first kappa shape index (κ1) is 8.93. The Balaban J connectivity index is 2.54. The second-order valence-electron chi connectivity index (χ2n) is 3.18. The van der Waals surface area contributed by atoms with E-state index in [-0.39, 0.29) is 0 Å². The summed E-state index contributed by atoms with van der Waals surface area (Å²) in [5.74, 6) is 0. The lowest BCUT2D eigenvalue weighted by Crippen LogP contribution is -2.00. The van der Waals surface area contributed by atoms with Gasteiger partial charge in [0, 0.05) is 19.8 Å². The lowest BCUT2D eigenvalue weighted by Gasteiger charge is -2.01. The minimum atomic E-state index is 0.846. The molecular formula is C9H13N5. The Morgan fingerprint density at radius 1 is 1.43 bits per heavy atom. The number of rotatable bonds is 2. The van der Waals surface area contributed by atoms with Crippen LogP contribution in [0.5, 0.6) is 0 Å². The fourth-order valence-electron chi connectivity index (χ4n) is 1.43. The van der Waals surface area contributed by atoms with Crippen molar-refractivity contribution >= 4 is 0 Å². The predicted octanol–water partition coefficient (Wildman–Crippen LogP) is 1.01. The Kier molecular flexibility index (Phi) is 2.07. The highest BCUT2D eigenvalue weighted by molar-refractivity contribution is 5.56. The van der Waals surface area contributed by atoms with Crippen LogP contribution in [0.1, 0.15) is 12.6 Å². The molecule has 2 aromatic rings. The maximum atomic E-state index is 4.20. The summed E-state index contributed by atoms with van der Waals surface area (Å²) in [4.78, 5) is 0. The highest BCUT2D eigenvalue weighted by atomic mass is 15.4. The molecule has 0 aliphatic rings. The summed E-state index contributed by atoms with van der Waals surface area (Å²) in [6, 6.07) is 1.96. The average molecular weight is 191 g/mol. The fourth-order valence-corrected chi connectivity index (χ4v) is 1.43. The van der Waals surface area contributed by atoms with Crippen molar-refractivity contribution in [2.24, 2.45) is 7.05 Å². The first-order chi connectivity index (χ1) is 6.74. The molecule has 14 heavy (non-hydrogen) atoms. The van der Waals surface area contributed by atoms with Crippen LogP contribution in [0.2, 0.25) is 0 Å². The Morgan fingerprint density at radius 2 is 2.21 bits per heavy atom. The highest BCUT2D eigenvalue weighted by Gasteiger charge is 2.12. The SMILES string of the molecule is CCn1nccc1-c1nnn(C)c1C. The summed E-state index contributed by atoms with van der Waals surface area (Å²) >= 11 is 0. The summed E-state index contributed by atoms with van der Waals surface area (Å²) < 4.78 is 3.68. The molecule has 5 nitrogen and oxygen atoms in total. The maximum absolute atomic E-state index is 4.20. The van der Waals surface area contributed by atoms with Gasteiger partial charge in [0.05, 0.1) is 11.4 Å². The van der Waals surface area contributed by atoms with Gasteiger partial charge in [-0.25, -0.2) is 0 Å². The largest absolute Gasteiger partial charge is 0.263 e. The summed E-state index contributed by atoms with van der Waals surface area (Å²) in [5, 5.41) is 12.3. The lowest BCUT2D eigenvalue weighted by atomic mass is 10.2. The van der Waals surface area contributed by atoms with Gasteiger partial charge in [-0.05, 0) is 19.9 Å². The van der Waals surface area contributed by atoms with E-state index in [4.69, 9.17) is 0 Å². The predicted molar refractivity (Wildman–Crippen MR) is 52.6 cm³/mol. The van der Waals surface area contributed by atoms with E-state index < -0.39 is 0 Å². The molecule has 0 atom stereocenters. The number of hydrogen-bond acceptors (Lipinski definition) is 3. The van der Waals surface area contributed by atoms with E-state index in [1.165, 1.54) is 0 Å². The van der Waals surface area contributed by atoms with E-state index in [0.29, 0.717) is 0 Å². The van der Waals surface area contributed by atoms with Gasteiger partial charge >= 0.3 is 0 Å². The van der Waals surface area contributed by atoms with Crippen LogP contribution in [-0.4, -0.2) is 24.8 Å². The highest BCUT2D eigenvalue weighted by Crippen LogP contribution is 2.19. The molecule has 0 saturated heterocycles. The van der Waals surface area contributed by atoms with Crippen LogP contribution in [0.3, 0.4) is 0 Å². The van der Waals surface area contributed by atoms with Crippen molar-refractivity contribution in [3.8, 4) is 11.4 Å². The van der Waals surface area contributed by atoms with Crippen LogP contribution in [0.15, 0.2) is 12.3 Å². The molecular weight excluding hydrogens is 178 g/mol. The minimum Gasteiger partial charge on any atom is -0.263 e. The Labute approximate surface area is 82.4 Å². The molecule has 0 spiro atoms. The third-order valence-electron chi connectivity index (χ3n) is 2.37. The van der Waals surface area contributed by atoms with Crippen LogP contribution in [0.25, 0.3) is 11.4 Å². The van der Waals surface area contributed by atoms with Crippen molar-refractivity contribution in [3.63, 3.8) is 0 Å². The van der Waals surface area contributed by atoms with E-state index in [0.717, 1.165) is 23.6 Å². The smallest absolute Gasteiger partial charge is 0.133 e. The van der Waals surface area contributed by atoms with Crippen molar-refractivity contribution in [2.45, 2.75) is 20.4 Å². The van der Waals surface area contributed by atoms with Crippen LogP contribution < -0.4 is 0 Å². The topological polar surface area (TPSA) is 48.5 Å². The normalized spacial score (nSPS) is 10.8. The second-order valence-corrected chi connectivity index (χ2v) is 3.18. The second kappa shape index (κ2) is 3.25. The average Bonchev–Trinajstić information content (AvgIpc) is 2.75. The van der Waals surface area contributed by atoms with E-state index in [1.54, 1.807) is 10.9 Å². The van der Waals surface area contributed by atoms with Gasteiger partial charge in [0.15, 0.2) is 0 Å². The van der Waals surface area contributed by atoms with E-state index >= 15 is 0 Å². The summed E-state index contributed by atoms with van der Waals surface area (Å²) in [6.45, 7) is 4.91. The zero-order chi connectivity index (χ0) is 10.1. The number of aromatic nitrogens is 5. The quantitative estimate of drug-likeness (QED) is 0.711. The first-order valence-corrected chi connectivity index (χ1v) is 4.62. The lowest BCUT2D eigenvalue weighted by molar-refractivity contribution is 0.665. The van der Waals surface area contributed by atoms with Gasteiger partial charge in [-0.1, -0.05) is 5.21 Å². The van der Waals surface area contributed by atoms with Gasteiger partial charge in [0.25, 0.3) is 0 Å². The summed E-state index contributed by atoms with van der Waals surface area (Å²) in [7, 11) is 1.89. The van der Waals surface area contributed by atoms with Crippen molar-refractivity contribution in [1.29, 1.82) is 0 Å². The van der Waals surface area contributed by atoms with Crippen molar-refractivity contribution in [3.05, 3.63) is 18.0 Å². The third-order valence-corrected chi connectivity index (χ3v) is 2.37. The number of hydrogen-bond donors (Lipinski definition) is 0. The molecule has 5 heteroatoms. The van der Waals surface area contributed by atoms with Crippen LogP contribution in [-0.2, 0) is 13.6 Å². The molecule has 0 N–H and O–H groups in total. The molecule has 0 saturated carbocycles. The van der Waals surface area contributed by atoms with Crippen molar-refractivity contribution in [1.82, 2.24) is 24.8 Å². The molecule has 0 fully saturated rings. The Morgan fingerprint density at radius 3 is 2.79 bits per heavy atom. The van der Waals surface area contributed by atoms with Crippen LogP contribution in [0, 0.1) is 6.92 Å². The Bertz CT molecular complexity index is 440. The molecule has 0 unspecified atom stereocenters. The van der Waals surface area contributed by atoms with Gasteiger partial charge in [-0.15, -0.1) is 5.10 Å². The number of nitrogens with zero attached hydrogens (tertiary/aromatic N) is 5. The van der Waals surface area contributed by atoms with Gasteiger partial charge in [0.1, 0.15) is 5.69 Å². The van der Waals surface area contributed by atoms with E-state index in [1.807, 2.05) is 24.7 Å². The van der Waals surface area contributed by atoms with Crippen molar-refractivity contribution in [2.75, 3.05) is 0 Å². The molecule has 2 aromatic heterocycles. The molecule has 2 heterocycles. The van der Waals surface area contributed by atoms with E-state index in [2.05, 4.69) is 22.3 Å². The zero-order valence-corrected chi connectivity index (χ0v) is 8.60. The zero-order valence-electron chi connectivity index (χ0n) is 8.60. The summed E-state index contributed by atoms with van der Waals surface area (Å²) in [6.07, 6.45) is 1.78. The third kappa shape index (κ3) is 1.21.